The van der Waals surface area contributed by atoms with Crippen LogP contribution in [0.5, 0.6) is 17.2 Å². The number of hydrogen-bond acceptors (Lipinski definition) is 7. The molecular weight excluding hydrogens is 474 g/mol. The Bertz CT molecular complexity index is 1150. The summed E-state index contributed by atoms with van der Waals surface area (Å²) in [4.78, 5) is 12.3. The van der Waals surface area contributed by atoms with Crippen molar-refractivity contribution in [2.75, 3.05) is 45.8 Å². The second kappa shape index (κ2) is 11.3. The van der Waals surface area contributed by atoms with E-state index in [0.717, 1.165) is 0 Å². The summed E-state index contributed by atoms with van der Waals surface area (Å²) in [5.74, 6) is -0.438. The molecule has 1 saturated heterocycles. The summed E-state index contributed by atoms with van der Waals surface area (Å²) < 4.78 is 72.2. The summed E-state index contributed by atoms with van der Waals surface area (Å²) in [5, 5.41) is 2.60. The maximum Gasteiger partial charge on any atom is 0.387 e. The summed E-state index contributed by atoms with van der Waals surface area (Å²) in [7, 11) is -1.19. The van der Waals surface area contributed by atoms with Crippen LogP contribution in [0.15, 0.2) is 47.4 Å². The average Bonchev–Trinajstić information content (AvgIpc) is 2.83. The highest BCUT2D eigenvalue weighted by atomic mass is 32.2. The molecule has 0 saturated carbocycles. The van der Waals surface area contributed by atoms with Crippen LogP contribution in [0.1, 0.15) is 5.56 Å². The number of alkyl halides is 2. The molecular formula is C22H24F2N2O7S. The normalized spacial score (nSPS) is 14.9. The summed E-state index contributed by atoms with van der Waals surface area (Å²) in [6.45, 7) is -1.97. The lowest BCUT2D eigenvalue weighted by Gasteiger charge is -2.26. The van der Waals surface area contributed by atoms with Gasteiger partial charge < -0.3 is 24.3 Å². The molecule has 1 fully saturated rings. The van der Waals surface area contributed by atoms with Gasteiger partial charge in [0.05, 0.1) is 27.4 Å². The van der Waals surface area contributed by atoms with Gasteiger partial charge in [0, 0.05) is 24.9 Å². The second-order valence-electron chi connectivity index (χ2n) is 6.99. The monoisotopic (exact) mass is 498 g/mol. The number of amides is 1. The lowest BCUT2D eigenvalue weighted by molar-refractivity contribution is -0.111. The molecule has 0 radical (unpaired) electrons. The van der Waals surface area contributed by atoms with Crippen molar-refractivity contribution in [1.82, 2.24) is 4.31 Å². The Kier molecular flexibility index (Phi) is 8.42. The van der Waals surface area contributed by atoms with Crippen LogP contribution >= 0.6 is 0 Å². The third kappa shape index (κ3) is 6.22. The Hall–Kier alpha value is -3.22. The lowest BCUT2D eigenvalue weighted by atomic mass is 10.2. The topological polar surface area (TPSA) is 103 Å². The van der Waals surface area contributed by atoms with Gasteiger partial charge in [0.15, 0.2) is 11.5 Å². The highest BCUT2D eigenvalue weighted by Crippen LogP contribution is 2.31. The number of nitrogens with one attached hydrogen (secondary N) is 1. The van der Waals surface area contributed by atoms with Crippen LogP contribution in [-0.2, 0) is 19.6 Å². The fraction of sp³-hybridized carbons (Fsp3) is 0.318. The maximum absolute atomic E-state index is 13.1. The largest absolute Gasteiger partial charge is 0.495 e. The van der Waals surface area contributed by atoms with Crippen molar-refractivity contribution in [2.24, 2.45) is 0 Å². The Morgan fingerprint density at radius 2 is 1.74 bits per heavy atom. The molecule has 184 valence electrons. The first-order valence-corrected chi connectivity index (χ1v) is 11.6. The van der Waals surface area contributed by atoms with Gasteiger partial charge in [-0.1, -0.05) is 6.07 Å². The maximum atomic E-state index is 13.1. The van der Waals surface area contributed by atoms with Crippen LogP contribution in [0.4, 0.5) is 14.5 Å². The van der Waals surface area contributed by atoms with Gasteiger partial charge >= 0.3 is 6.61 Å². The van der Waals surface area contributed by atoms with Crippen LogP contribution in [0.2, 0.25) is 0 Å². The predicted molar refractivity (Wildman–Crippen MR) is 120 cm³/mol. The van der Waals surface area contributed by atoms with Gasteiger partial charge in [-0.15, -0.1) is 0 Å². The number of benzene rings is 2. The van der Waals surface area contributed by atoms with Gasteiger partial charge in [0.25, 0.3) is 0 Å². The van der Waals surface area contributed by atoms with E-state index in [9.17, 15) is 22.0 Å². The zero-order valence-corrected chi connectivity index (χ0v) is 19.3. The molecule has 0 unspecified atom stereocenters. The highest BCUT2D eigenvalue weighted by Gasteiger charge is 2.29. The van der Waals surface area contributed by atoms with E-state index < -0.39 is 22.5 Å². The molecule has 3 rings (SSSR count). The van der Waals surface area contributed by atoms with E-state index in [1.54, 1.807) is 0 Å². The van der Waals surface area contributed by atoms with Gasteiger partial charge in [-0.25, -0.2) is 8.42 Å². The van der Waals surface area contributed by atoms with Crippen molar-refractivity contribution < 1.29 is 40.9 Å². The standard InChI is InChI=1S/C22H24F2N2O7S/c1-30-18-7-5-16(14-20(18)34(28,29)26-9-11-32-12-10-26)25-21(27)8-4-15-3-6-17(33-22(23)24)19(13-15)31-2/h3-8,13-14,22H,9-12H2,1-2H3,(H,25,27)/b8-4+. The number of morpholine rings is 1. The zero-order valence-electron chi connectivity index (χ0n) is 18.5. The van der Waals surface area contributed by atoms with Crippen molar-refractivity contribution in [3.8, 4) is 17.2 Å². The molecule has 0 atom stereocenters. The van der Waals surface area contributed by atoms with Crippen LogP contribution in [0.25, 0.3) is 6.08 Å². The van der Waals surface area contributed by atoms with Crippen molar-refractivity contribution in [3.63, 3.8) is 0 Å². The molecule has 1 aliphatic heterocycles. The van der Waals surface area contributed by atoms with Gasteiger partial charge in [0.2, 0.25) is 15.9 Å². The molecule has 34 heavy (non-hydrogen) atoms. The number of halogens is 2. The highest BCUT2D eigenvalue weighted by molar-refractivity contribution is 7.89. The van der Waals surface area contributed by atoms with Gasteiger partial charge in [-0.05, 0) is 42.0 Å². The van der Waals surface area contributed by atoms with Gasteiger partial charge in [0.1, 0.15) is 10.6 Å². The van der Waals surface area contributed by atoms with Crippen LogP contribution in [0, 0.1) is 0 Å². The summed E-state index contributed by atoms with van der Waals surface area (Å²) in [6, 6.07) is 8.51. The van der Waals surface area contributed by atoms with Crippen LogP contribution < -0.4 is 19.5 Å². The van der Waals surface area contributed by atoms with Crippen molar-refractivity contribution >= 4 is 27.7 Å². The smallest absolute Gasteiger partial charge is 0.387 e. The third-order valence-electron chi connectivity index (χ3n) is 4.85. The fourth-order valence-electron chi connectivity index (χ4n) is 3.22. The number of hydrogen-bond donors (Lipinski definition) is 1. The Morgan fingerprint density at radius 1 is 1.06 bits per heavy atom. The SMILES string of the molecule is COc1cc(/C=C/C(=O)Nc2ccc(OC)c(S(=O)(=O)N3CCOCC3)c2)ccc1OC(F)F. The van der Waals surface area contributed by atoms with Crippen LogP contribution in [-0.4, -0.2) is 65.8 Å². The molecule has 1 amide bonds. The predicted octanol–water partition coefficient (Wildman–Crippen LogP) is 2.98. The molecule has 1 aliphatic rings. The number of methoxy groups -OCH3 is 2. The van der Waals surface area contributed by atoms with E-state index in [-0.39, 0.29) is 40.9 Å². The Balaban J connectivity index is 1.76. The van der Waals surface area contributed by atoms with Crippen molar-refractivity contribution in [1.29, 1.82) is 0 Å². The van der Waals surface area contributed by atoms with E-state index in [1.165, 1.54) is 67.1 Å². The van der Waals surface area contributed by atoms with E-state index in [1.807, 2.05) is 0 Å². The summed E-state index contributed by atoms with van der Waals surface area (Å²) in [5.41, 5.74) is 0.750. The molecule has 2 aromatic rings. The number of anilines is 1. The molecule has 0 aromatic heterocycles. The number of rotatable bonds is 9. The number of nitrogens with zero attached hydrogens (tertiary/aromatic N) is 1. The minimum Gasteiger partial charge on any atom is -0.495 e. The van der Waals surface area contributed by atoms with E-state index in [2.05, 4.69) is 10.1 Å². The Morgan fingerprint density at radius 3 is 2.38 bits per heavy atom. The zero-order chi connectivity index (χ0) is 24.7. The second-order valence-corrected chi connectivity index (χ2v) is 8.90. The first kappa shape index (κ1) is 25.4. The molecule has 0 spiro atoms. The van der Waals surface area contributed by atoms with E-state index in [4.69, 9.17) is 14.2 Å². The number of sulfonamides is 1. The third-order valence-corrected chi connectivity index (χ3v) is 6.77. The molecule has 1 N–H and O–H groups in total. The fourth-order valence-corrected chi connectivity index (χ4v) is 4.81. The molecule has 0 bridgehead atoms. The molecule has 2 aromatic carbocycles. The van der Waals surface area contributed by atoms with E-state index in [0.29, 0.717) is 18.8 Å². The molecule has 12 heteroatoms. The number of ether oxygens (including phenoxy) is 4. The first-order chi connectivity index (χ1) is 16.2. The number of carbonyl (C=O) groups is 1. The van der Waals surface area contributed by atoms with E-state index >= 15 is 0 Å². The first-order valence-electron chi connectivity index (χ1n) is 10.1. The quantitative estimate of drug-likeness (QED) is 0.530. The van der Waals surface area contributed by atoms with Crippen molar-refractivity contribution in [3.05, 3.63) is 48.0 Å². The molecule has 9 nitrogen and oxygen atoms in total. The molecule has 0 aliphatic carbocycles. The number of carbonyl (C=O) groups excluding carboxylic acids is 1. The minimum atomic E-state index is -3.86. The van der Waals surface area contributed by atoms with Crippen molar-refractivity contribution in [2.45, 2.75) is 11.5 Å². The average molecular weight is 499 g/mol. The molecule has 1 heterocycles. The van der Waals surface area contributed by atoms with Crippen LogP contribution in [0.3, 0.4) is 0 Å². The van der Waals surface area contributed by atoms with Gasteiger partial charge in [-0.3, -0.25) is 4.79 Å². The minimum absolute atomic E-state index is 0.0713. The summed E-state index contributed by atoms with van der Waals surface area (Å²) >= 11 is 0. The van der Waals surface area contributed by atoms with Gasteiger partial charge in [-0.2, -0.15) is 13.1 Å². The Labute approximate surface area is 195 Å². The summed E-state index contributed by atoms with van der Waals surface area (Å²) in [6.07, 6.45) is 2.65. The lowest BCUT2D eigenvalue weighted by Crippen LogP contribution is -2.40.